The van der Waals surface area contributed by atoms with Crippen LogP contribution in [0.5, 0.6) is 5.75 Å². The number of anilines is 1. The Bertz CT molecular complexity index is 918. The topological polar surface area (TPSA) is 96.1 Å². The van der Waals surface area contributed by atoms with Crippen LogP contribution >= 0.6 is 0 Å². The van der Waals surface area contributed by atoms with Gasteiger partial charge in [-0.2, -0.15) is 0 Å². The maximum absolute atomic E-state index is 12.3. The number of fused-ring (bicyclic) bond motifs is 1. The lowest BCUT2D eigenvalue weighted by Crippen LogP contribution is -2.41. The lowest BCUT2D eigenvalue weighted by Gasteiger charge is -2.13. The molecule has 0 spiro atoms. The van der Waals surface area contributed by atoms with Gasteiger partial charge in [0.05, 0.1) is 18.1 Å². The number of amides is 2. The van der Waals surface area contributed by atoms with Gasteiger partial charge in [0.25, 0.3) is 0 Å². The monoisotopic (exact) mass is 366 g/mol. The van der Waals surface area contributed by atoms with Gasteiger partial charge < -0.3 is 15.0 Å². The number of ether oxygens (including phenoxy) is 1. The molecule has 0 saturated carbocycles. The summed E-state index contributed by atoms with van der Waals surface area (Å²) in [7, 11) is 1.60. The predicted octanol–water partition coefficient (Wildman–Crippen LogP) is 2.65. The minimum absolute atomic E-state index is 0.201. The molecule has 140 valence electrons. The Labute approximate surface area is 157 Å². The van der Waals surface area contributed by atoms with Crippen LogP contribution in [-0.4, -0.2) is 34.9 Å². The number of aryl methyl sites for hydroxylation is 1. The Hall–Kier alpha value is -3.35. The van der Waals surface area contributed by atoms with Crippen molar-refractivity contribution in [2.24, 2.45) is 0 Å². The van der Waals surface area contributed by atoms with Gasteiger partial charge in [-0.3, -0.25) is 14.9 Å². The van der Waals surface area contributed by atoms with Crippen molar-refractivity contribution in [3.05, 3.63) is 54.1 Å². The van der Waals surface area contributed by atoms with Crippen molar-refractivity contribution in [2.75, 3.05) is 12.4 Å². The van der Waals surface area contributed by atoms with Crippen molar-refractivity contribution >= 4 is 28.8 Å². The third-order valence-electron chi connectivity index (χ3n) is 4.22. The first-order valence-electron chi connectivity index (χ1n) is 8.73. The molecule has 1 heterocycles. The smallest absolute Gasteiger partial charge is 0.248 e. The van der Waals surface area contributed by atoms with E-state index in [2.05, 4.69) is 20.6 Å². The summed E-state index contributed by atoms with van der Waals surface area (Å²) in [5.74, 6) is 0.574. The standard InChI is InChI=1S/C20H22N4O3/c1-13(19(26)24-20-22-15-8-4-5-9-16(15)23-20)21-18(25)12-11-14-7-3-6-10-17(14)27-2/h3-10,13H,11-12H2,1-2H3,(H,21,25)(H2,22,23,24,26). The fraction of sp³-hybridized carbons (Fsp3) is 0.250. The van der Waals surface area contributed by atoms with Crippen molar-refractivity contribution in [2.45, 2.75) is 25.8 Å². The first-order valence-corrected chi connectivity index (χ1v) is 8.73. The molecule has 0 saturated heterocycles. The van der Waals surface area contributed by atoms with Crippen LogP contribution in [0, 0.1) is 0 Å². The Kier molecular flexibility index (Phi) is 5.71. The summed E-state index contributed by atoms with van der Waals surface area (Å²) in [5.41, 5.74) is 2.55. The Morgan fingerprint density at radius 2 is 1.89 bits per heavy atom. The van der Waals surface area contributed by atoms with E-state index in [0.29, 0.717) is 12.4 Å². The molecule has 3 N–H and O–H groups in total. The molecule has 1 atom stereocenters. The van der Waals surface area contributed by atoms with E-state index < -0.39 is 6.04 Å². The minimum atomic E-state index is -0.677. The van der Waals surface area contributed by atoms with Crippen LogP contribution in [0.4, 0.5) is 5.95 Å². The molecule has 1 aromatic heterocycles. The lowest BCUT2D eigenvalue weighted by molar-refractivity contribution is -0.126. The van der Waals surface area contributed by atoms with E-state index in [4.69, 9.17) is 4.74 Å². The Morgan fingerprint density at radius 1 is 1.15 bits per heavy atom. The van der Waals surface area contributed by atoms with E-state index in [1.165, 1.54) is 0 Å². The first kappa shape index (κ1) is 18.4. The molecule has 27 heavy (non-hydrogen) atoms. The minimum Gasteiger partial charge on any atom is -0.496 e. The average Bonchev–Trinajstić information content (AvgIpc) is 3.08. The zero-order valence-corrected chi connectivity index (χ0v) is 15.3. The summed E-state index contributed by atoms with van der Waals surface area (Å²) in [4.78, 5) is 31.8. The van der Waals surface area contributed by atoms with Crippen LogP contribution < -0.4 is 15.4 Å². The van der Waals surface area contributed by atoms with E-state index in [9.17, 15) is 9.59 Å². The quantitative estimate of drug-likeness (QED) is 0.599. The summed E-state index contributed by atoms with van der Waals surface area (Å²) >= 11 is 0. The number of hydrogen-bond donors (Lipinski definition) is 3. The third-order valence-corrected chi connectivity index (χ3v) is 4.22. The SMILES string of the molecule is COc1ccccc1CCC(=O)NC(C)C(=O)Nc1nc2ccccc2[nH]1. The summed E-state index contributed by atoms with van der Waals surface area (Å²) in [6.45, 7) is 1.64. The maximum Gasteiger partial charge on any atom is 0.248 e. The van der Waals surface area contributed by atoms with Crippen LogP contribution in [0.1, 0.15) is 18.9 Å². The number of carbonyl (C=O) groups is 2. The summed E-state index contributed by atoms with van der Waals surface area (Å²) in [5, 5.41) is 5.40. The number of benzene rings is 2. The zero-order valence-electron chi connectivity index (χ0n) is 15.3. The first-order chi connectivity index (χ1) is 13.1. The second-order valence-corrected chi connectivity index (χ2v) is 6.19. The van der Waals surface area contributed by atoms with Gasteiger partial charge >= 0.3 is 0 Å². The van der Waals surface area contributed by atoms with Crippen molar-refractivity contribution in [1.29, 1.82) is 0 Å². The van der Waals surface area contributed by atoms with Gasteiger partial charge in [-0.05, 0) is 37.1 Å². The van der Waals surface area contributed by atoms with E-state index in [1.54, 1.807) is 14.0 Å². The molecular formula is C20H22N4O3. The van der Waals surface area contributed by atoms with Crippen LogP contribution in [0.3, 0.4) is 0 Å². The highest BCUT2D eigenvalue weighted by molar-refractivity contribution is 5.96. The van der Waals surface area contributed by atoms with E-state index in [-0.39, 0.29) is 18.2 Å². The number of hydrogen-bond acceptors (Lipinski definition) is 4. The molecule has 0 bridgehead atoms. The van der Waals surface area contributed by atoms with Crippen molar-refractivity contribution in [3.63, 3.8) is 0 Å². The molecule has 0 fully saturated rings. The number of nitrogens with zero attached hydrogens (tertiary/aromatic N) is 1. The molecule has 0 aliphatic rings. The van der Waals surface area contributed by atoms with Gasteiger partial charge in [0.2, 0.25) is 17.8 Å². The number of aromatic amines is 1. The van der Waals surface area contributed by atoms with Crippen LogP contribution in [0.2, 0.25) is 0 Å². The Balaban J connectivity index is 1.52. The van der Waals surface area contributed by atoms with E-state index >= 15 is 0 Å². The highest BCUT2D eigenvalue weighted by Crippen LogP contribution is 2.18. The summed E-state index contributed by atoms with van der Waals surface area (Å²) < 4.78 is 5.28. The van der Waals surface area contributed by atoms with Gasteiger partial charge in [-0.1, -0.05) is 30.3 Å². The van der Waals surface area contributed by atoms with Gasteiger partial charge in [0, 0.05) is 6.42 Å². The number of methoxy groups -OCH3 is 1. The molecule has 2 amide bonds. The average molecular weight is 366 g/mol. The predicted molar refractivity (Wildman–Crippen MR) is 104 cm³/mol. The lowest BCUT2D eigenvalue weighted by atomic mass is 10.1. The third kappa shape index (κ3) is 4.63. The second kappa shape index (κ2) is 8.35. The van der Waals surface area contributed by atoms with E-state index in [1.807, 2.05) is 48.5 Å². The molecule has 0 aliphatic carbocycles. The van der Waals surface area contributed by atoms with Crippen LogP contribution in [0.25, 0.3) is 11.0 Å². The highest BCUT2D eigenvalue weighted by atomic mass is 16.5. The number of imidazole rings is 1. The molecule has 0 radical (unpaired) electrons. The van der Waals surface area contributed by atoms with Crippen molar-refractivity contribution in [1.82, 2.24) is 15.3 Å². The van der Waals surface area contributed by atoms with Gasteiger partial charge in [-0.25, -0.2) is 4.98 Å². The van der Waals surface area contributed by atoms with Crippen LogP contribution in [-0.2, 0) is 16.0 Å². The van der Waals surface area contributed by atoms with Crippen LogP contribution in [0.15, 0.2) is 48.5 Å². The fourth-order valence-electron chi connectivity index (χ4n) is 2.77. The summed E-state index contributed by atoms with van der Waals surface area (Å²) in [6.07, 6.45) is 0.802. The maximum atomic E-state index is 12.3. The molecule has 0 aliphatic heterocycles. The fourth-order valence-corrected chi connectivity index (χ4v) is 2.77. The molecule has 1 unspecified atom stereocenters. The van der Waals surface area contributed by atoms with E-state index in [0.717, 1.165) is 22.3 Å². The number of carbonyl (C=O) groups excluding carboxylic acids is 2. The van der Waals surface area contributed by atoms with Gasteiger partial charge in [-0.15, -0.1) is 0 Å². The normalized spacial score (nSPS) is 11.8. The Morgan fingerprint density at radius 3 is 2.67 bits per heavy atom. The molecule has 3 rings (SSSR count). The summed E-state index contributed by atoms with van der Waals surface area (Å²) in [6, 6.07) is 14.4. The van der Waals surface area contributed by atoms with Gasteiger partial charge in [0.15, 0.2) is 0 Å². The number of para-hydroxylation sites is 3. The highest BCUT2D eigenvalue weighted by Gasteiger charge is 2.17. The second-order valence-electron chi connectivity index (χ2n) is 6.19. The number of H-pyrrole nitrogens is 1. The number of aromatic nitrogens is 2. The van der Waals surface area contributed by atoms with Crippen molar-refractivity contribution < 1.29 is 14.3 Å². The van der Waals surface area contributed by atoms with Crippen molar-refractivity contribution in [3.8, 4) is 5.75 Å². The molecule has 7 heteroatoms. The molecule has 7 nitrogen and oxygen atoms in total. The number of rotatable bonds is 7. The zero-order chi connectivity index (χ0) is 19.2. The number of nitrogens with one attached hydrogen (secondary N) is 3. The molecule has 2 aromatic carbocycles. The largest absolute Gasteiger partial charge is 0.496 e. The molecule has 3 aromatic rings. The van der Waals surface area contributed by atoms with Gasteiger partial charge in [0.1, 0.15) is 11.8 Å². The molecular weight excluding hydrogens is 344 g/mol.